The lowest BCUT2D eigenvalue weighted by Gasteiger charge is -2.14. The number of alkyl halides is 3. The van der Waals surface area contributed by atoms with Gasteiger partial charge in [0.25, 0.3) is 0 Å². The number of nitrogens with zero attached hydrogens (tertiary/aromatic N) is 2. The quantitative estimate of drug-likeness (QED) is 0.739. The van der Waals surface area contributed by atoms with Crippen molar-refractivity contribution in [3.8, 4) is 0 Å². The Balaban J connectivity index is 2.16. The second-order valence-electron chi connectivity index (χ2n) is 4.73. The summed E-state index contributed by atoms with van der Waals surface area (Å²) < 4.78 is 36.4. The summed E-state index contributed by atoms with van der Waals surface area (Å²) in [7, 11) is 0. The van der Waals surface area contributed by atoms with E-state index in [1.165, 1.54) is 0 Å². The second-order valence-corrected chi connectivity index (χ2v) is 5.45. The van der Waals surface area contributed by atoms with Crippen LogP contribution in [0, 0.1) is 0 Å². The first-order chi connectivity index (χ1) is 8.87. The Kier molecular flexibility index (Phi) is 4.56. The Morgan fingerprint density at radius 2 is 1.58 bits per heavy atom. The van der Waals surface area contributed by atoms with Gasteiger partial charge in [-0.3, -0.25) is 0 Å². The van der Waals surface area contributed by atoms with Crippen molar-refractivity contribution in [1.29, 1.82) is 0 Å². The van der Waals surface area contributed by atoms with Gasteiger partial charge in [0.1, 0.15) is 16.1 Å². The van der Waals surface area contributed by atoms with Crippen LogP contribution in [-0.2, 0) is 6.42 Å². The molecule has 1 aromatic rings. The minimum absolute atomic E-state index is 0.0501. The fourth-order valence-corrected chi connectivity index (χ4v) is 3.10. The van der Waals surface area contributed by atoms with E-state index in [0.29, 0.717) is 5.56 Å². The largest absolute Gasteiger partial charge is 0.389 e. The van der Waals surface area contributed by atoms with Crippen LogP contribution in [0.1, 0.15) is 49.4 Å². The molecule has 0 saturated heterocycles. The van der Waals surface area contributed by atoms with Crippen LogP contribution < -0.4 is 0 Å². The third kappa shape index (κ3) is 3.96. The second kappa shape index (κ2) is 5.83. The van der Waals surface area contributed by atoms with Crippen molar-refractivity contribution in [1.82, 2.24) is 9.97 Å². The monoisotopic (exact) mass is 312 g/mol. The first-order valence-corrected chi connectivity index (χ1v) is 6.91. The summed E-state index contributed by atoms with van der Waals surface area (Å²) in [5.74, 6) is 0.283. The van der Waals surface area contributed by atoms with Gasteiger partial charge in [-0.25, -0.2) is 9.97 Å². The summed E-state index contributed by atoms with van der Waals surface area (Å²) in [6.07, 6.45) is -1.33. The third-order valence-electron chi connectivity index (χ3n) is 3.29. The van der Waals surface area contributed by atoms with Crippen molar-refractivity contribution in [2.45, 2.75) is 50.6 Å². The lowest BCUT2D eigenvalue weighted by atomic mass is 10.0. The zero-order valence-electron chi connectivity index (χ0n) is 10.1. The van der Waals surface area contributed by atoms with Gasteiger partial charge in [-0.05, 0) is 18.8 Å². The normalized spacial score (nSPS) is 17.1. The van der Waals surface area contributed by atoms with Gasteiger partial charge in [-0.15, -0.1) is 0 Å². The molecule has 1 aromatic heterocycles. The van der Waals surface area contributed by atoms with Crippen LogP contribution in [0.25, 0.3) is 0 Å². The molecule has 0 bridgehead atoms. The number of aryl methyl sites for hydroxylation is 1. The first-order valence-electron chi connectivity index (χ1n) is 6.15. The molecule has 0 radical (unpaired) electrons. The fraction of sp³-hybridized carbons (Fsp3) is 0.667. The Hall–Kier alpha value is -0.550. The molecule has 19 heavy (non-hydrogen) atoms. The van der Waals surface area contributed by atoms with E-state index in [9.17, 15) is 13.2 Å². The first kappa shape index (κ1) is 14.9. The van der Waals surface area contributed by atoms with E-state index in [1.807, 2.05) is 0 Å². The van der Waals surface area contributed by atoms with E-state index in [0.717, 1.165) is 25.7 Å². The molecule has 7 heteroatoms. The van der Waals surface area contributed by atoms with Crippen LogP contribution in [-0.4, -0.2) is 16.1 Å². The molecule has 0 amide bonds. The fourth-order valence-electron chi connectivity index (χ4n) is 2.37. The SMILES string of the molecule is FC(F)(F)CCc1nc(Cl)c(C2CCCC2)c(Cl)n1. The van der Waals surface area contributed by atoms with Gasteiger partial charge in [0.05, 0.1) is 6.42 Å². The number of hydrogen-bond acceptors (Lipinski definition) is 2. The van der Waals surface area contributed by atoms with E-state index >= 15 is 0 Å². The molecule has 1 aliphatic rings. The summed E-state index contributed by atoms with van der Waals surface area (Å²) in [5, 5.41) is 0.396. The Morgan fingerprint density at radius 3 is 2.05 bits per heavy atom. The highest BCUT2D eigenvalue weighted by molar-refractivity contribution is 6.34. The lowest BCUT2D eigenvalue weighted by molar-refractivity contribution is -0.134. The molecule has 2 rings (SSSR count). The Morgan fingerprint density at radius 1 is 1.05 bits per heavy atom. The minimum atomic E-state index is -4.23. The molecule has 0 unspecified atom stereocenters. The smallest absolute Gasteiger partial charge is 0.221 e. The van der Waals surface area contributed by atoms with Crippen LogP contribution >= 0.6 is 23.2 Å². The van der Waals surface area contributed by atoms with E-state index in [1.54, 1.807) is 0 Å². The number of aromatic nitrogens is 2. The predicted molar refractivity (Wildman–Crippen MR) is 67.6 cm³/mol. The van der Waals surface area contributed by atoms with Crippen LogP contribution in [0.4, 0.5) is 13.2 Å². The number of rotatable bonds is 3. The van der Waals surface area contributed by atoms with Crippen LogP contribution in [0.15, 0.2) is 0 Å². The van der Waals surface area contributed by atoms with Crippen molar-refractivity contribution in [3.63, 3.8) is 0 Å². The van der Waals surface area contributed by atoms with E-state index in [2.05, 4.69) is 9.97 Å². The van der Waals surface area contributed by atoms with Gasteiger partial charge in [0.15, 0.2) is 0 Å². The molecule has 106 valence electrons. The van der Waals surface area contributed by atoms with Gasteiger partial charge in [-0.2, -0.15) is 13.2 Å². The van der Waals surface area contributed by atoms with Crippen molar-refractivity contribution in [2.75, 3.05) is 0 Å². The van der Waals surface area contributed by atoms with Crippen LogP contribution in [0.3, 0.4) is 0 Å². The molecule has 1 fully saturated rings. The highest BCUT2D eigenvalue weighted by Crippen LogP contribution is 2.40. The molecule has 0 aromatic carbocycles. The topological polar surface area (TPSA) is 25.8 Å². The maximum atomic E-state index is 12.1. The van der Waals surface area contributed by atoms with Crippen molar-refractivity contribution in [3.05, 3.63) is 21.7 Å². The van der Waals surface area contributed by atoms with Gasteiger partial charge in [0, 0.05) is 12.0 Å². The van der Waals surface area contributed by atoms with Crippen molar-refractivity contribution >= 4 is 23.2 Å². The lowest BCUT2D eigenvalue weighted by Crippen LogP contribution is -2.11. The summed E-state index contributed by atoms with van der Waals surface area (Å²) in [4.78, 5) is 7.90. The summed E-state index contributed by atoms with van der Waals surface area (Å²) in [6.45, 7) is 0. The average Bonchev–Trinajstić information content (AvgIpc) is 2.78. The molecular weight excluding hydrogens is 300 g/mol. The van der Waals surface area contributed by atoms with Crippen molar-refractivity contribution in [2.24, 2.45) is 0 Å². The molecular formula is C12H13Cl2F3N2. The number of hydrogen-bond donors (Lipinski definition) is 0. The van der Waals surface area contributed by atoms with Gasteiger partial charge >= 0.3 is 6.18 Å². The molecule has 2 nitrogen and oxygen atoms in total. The molecule has 1 saturated carbocycles. The highest BCUT2D eigenvalue weighted by atomic mass is 35.5. The average molecular weight is 313 g/mol. The van der Waals surface area contributed by atoms with Gasteiger partial charge < -0.3 is 0 Å². The molecule has 0 N–H and O–H groups in total. The van der Waals surface area contributed by atoms with Gasteiger partial charge in [-0.1, -0.05) is 36.0 Å². The predicted octanol–water partition coefficient (Wildman–Crippen LogP) is 4.94. The molecule has 0 spiro atoms. The zero-order valence-corrected chi connectivity index (χ0v) is 11.6. The maximum Gasteiger partial charge on any atom is 0.389 e. The minimum Gasteiger partial charge on any atom is -0.221 e. The summed E-state index contributed by atoms with van der Waals surface area (Å²) in [6, 6.07) is 0. The zero-order chi connectivity index (χ0) is 14.0. The van der Waals surface area contributed by atoms with E-state index in [4.69, 9.17) is 23.2 Å². The maximum absolute atomic E-state index is 12.1. The van der Waals surface area contributed by atoms with Gasteiger partial charge in [0.2, 0.25) is 0 Å². The highest BCUT2D eigenvalue weighted by Gasteiger charge is 2.28. The van der Waals surface area contributed by atoms with E-state index in [-0.39, 0.29) is 28.5 Å². The molecule has 0 aliphatic heterocycles. The third-order valence-corrected chi connectivity index (χ3v) is 3.87. The Labute approximate surface area is 119 Å². The summed E-state index contributed by atoms with van der Waals surface area (Å²) in [5.41, 5.74) is 0.691. The van der Waals surface area contributed by atoms with Crippen molar-refractivity contribution < 1.29 is 13.2 Å². The molecule has 1 heterocycles. The molecule has 0 atom stereocenters. The Bertz CT molecular complexity index is 434. The van der Waals surface area contributed by atoms with Crippen LogP contribution in [0.5, 0.6) is 0 Å². The standard InChI is InChI=1S/C12H13Cl2F3N2/c13-10-9(7-3-1-2-4-7)11(14)19-8(18-10)5-6-12(15,16)17/h7H,1-6H2. The number of halogens is 5. The van der Waals surface area contributed by atoms with Crippen LogP contribution in [0.2, 0.25) is 10.3 Å². The summed E-state index contributed by atoms with van der Waals surface area (Å²) >= 11 is 12.1. The van der Waals surface area contributed by atoms with E-state index < -0.39 is 12.6 Å². The molecule has 1 aliphatic carbocycles.